The fourth-order valence-electron chi connectivity index (χ4n) is 6.54. The van der Waals surface area contributed by atoms with Gasteiger partial charge in [-0.25, -0.2) is 0 Å². The second-order valence-electron chi connectivity index (χ2n) is 14.3. The average Bonchev–Trinajstić information content (AvgIpc) is 3.48. The van der Waals surface area contributed by atoms with Crippen LogP contribution in [0, 0.1) is 0 Å². The number of allylic oxidation sites excluding steroid dienone is 2. The summed E-state index contributed by atoms with van der Waals surface area (Å²) < 4.78 is 6.61. The molecule has 0 amide bonds. The van der Waals surface area contributed by atoms with Crippen molar-refractivity contribution in [3.63, 3.8) is 0 Å². The van der Waals surface area contributed by atoms with Crippen molar-refractivity contribution >= 4 is 19.0 Å². The van der Waals surface area contributed by atoms with Gasteiger partial charge in [0, 0.05) is 29.9 Å². The van der Waals surface area contributed by atoms with Crippen molar-refractivity contribution in [1.82, 2.24) is 4.90 Å². The fourth-order valence-corrected chi connectivity index (χ4v) is 9.80. The van der Waals surface area contributed by atoms with Crippen LogP contribution < -0.4 is 9.92 Å². The minimum absolute atomic E-state index is 0.0284. The van der Waals surface area contributed by atoms with Gasteiger partial charge in [0.15, 0.2) is 0 Å². The third-order valence-electron chi connectivity index (χ3n) is 8.95. The van der Waals surface area contributed by atoms with Crippen LogP contribution in [-0.4, -0.2) is 32.7 Å². The van der Waals surface area contributed by atoms with Crippen LogP contribution >= 0.6 is 0 Å². The van der Waals surface area contributed by atoms with Crippen molar-refractivity contribution in [3.05, 3.63) is 101 Å². The molecule has 0 saturated heterocycles. The van der Waals surface area contributed by atoms with E-state index in [9.17, 15) is 0 Å². The second kappa shape index (κ2) is 10.00. The summed E-state index contributed by atoms with van der Waals surface area (Å²) in [6.45, 7) is 25.6. The molecule has 0 saturated carbocycles. The zero-order valence-electron chi connectivity index (χ0n) is 25.4. The summed E-state index contributed by atoms with van der Waals surface area (Å²) in [6, 6.07) is 14.1. The van der Waals surface area contributed by atoms with Crippen LogP contribution in [0.3, 0.4) is 0 Å². The maximum Gasteiger partial charge on any atom is 0.122 e. The normalized spacial score (nSPS) is 19.2. The lowest BCUT2D eigenvalue weighted by Crippen LogP contribution is -2.48. The molecule has 206 valence electrons. The molecule has 0 bridgehead atoms. The van der Waals surface area contributed by atoms with E-state index in [1.807, 2.05) is 6.08 Å². The fraction of sp³-hybridized carbons (Fsp3) is 0.444. The first-order valence-electron chi connectivity index (χ1n) is 14.7. The van der Waals surface area contributed by atoms with Gasteiger partial charge < -0.3 is 9.64 Å². The Balaban J connectivity index is 1.65. The Morgan fingerprint density at radius 3 is 2.44 bits per heavy atom. The summed E-state index contributed by atoms with van der Waals surface area (Å²) in [7, 11) is -2.13. The first-order valence-corrected chi connectivity index (χ1v) is 17.8. The predicted molar refractivity (Wildman–Crippen MR) is 171 cm³/mol. The number of fused-ring (bicyclic) bond motifs is 1. The minimum Gasteiger partial charge on any atom is -0.489 e. The third kappa shape index (κ3) is 5.11. The lowest BCUT2D eigenvalue weighted by atomic mass is 9.80. The minimum atomic E-state index is -2.13. The Morgan fingerprint density at radius 1 is 1.03 bits per heavy atom. The quantitative estimate of drug-likeness (QED) is 0.271. The molecule has 2 nitrogen and oxygen atoms in total. The Labute approximate surface area is 238 Å². The molecule has 1 aliphatic heterocycles. The van der Waals surface area contributed by atoms with Crippen LogP contribution in [0.15, 0.2) is 78.4 Å². The molecule has 3 heteroatoms. The second-order valence-corrected chi connectivity index (χ2v) is 18.9. The van der Waals surface area contributed by atoms with Gasteiger partial charge in [0.05, 0.1) is 8.07 Å². The highest BCUT2D eigenvalue weighted by molar-refractivity contribution is 6.92. The predicted octanol–water partition coefficient (Wildman–Crippen LogP) is 8.40. The average molecular weight is 538 g/mol. The van der Waals surface area contributed by atoms with E-state index in [-0.39, 0.29) is 10.8 Å². The van der Waals surface area contributed by atoms with Gasteiger partial charge in [0.25, 0.3) is 0 Å². The Bertz CT molecular complexity index is 1380. The summed E-state index contributed by atoms with van der Waals surface area (Å²) in [4.78, 5) is 2.63. The highest BCUT2D eigenvalue weighted by atomic mass is 28.3. The van der Waals surface area contributed by atoms with E-state index < -0.39 is 8.07 Å². The van der Waals surface area contributed by atoms with Crippen molar-refractivity contribution in [2.24, 2.45) is 0 Å². The standard InChI is InChI=1S/C36H47NOSi/c1-10-19-38-34-30(36(5,6)7)20-27(35(2,3)4)21-33(34)39(8,9)32-22-31(28-17-13-14-18-29(28)32)37-23-25-15-11-12-16-26(25)24-37/h10-11,13-15,17-18,20-22,32H,1,12,16,19,23-24H2,2-9H3. The smallest absolute Gasteiger partial charge is 0.122 e. The molecule has 1 unspecified atom stereocenters. The molecule has 1 heterocycles. The van der Waals surface area contributed by atoms with Crippen molar-refractivity contribution in [2.45, 2.75) is 83.8 Å². The van der Waals surface area contributed by atoms with Gasteiger partial charge >= 0.3 is 0 Å². The maximum absolute atomic E-state index is 6.61. The molecule has 2 aromatic rings. The molecular formula is C36H47NOSi. The van der Waals surface area contributed by atoms with Crippen molar-refractivity contribution in [1.29, 1.82) is 0 Å². The summed E-state index contributed by atoms with van der Waals surface area (Å²) in [5.41, 5.74) is 10.6. The molecule has 0 spiro atoms. The highest BCUT2D eigenvalue weighted by Crippen LogP contribution is 2.46. The topological polar surface area (TPSA) is 12.5 Å². The SMILES string of the molecule is C=CCOc1c(C(C)(C)C)cc(C(C)(C)C)cc1[Si](C)(C)C1C=C(N2CC3=C(CCC=C3)C2)c2ccccc21. The lowest BCUT2D eigenvalue weighted by Gasteiger charge is -2.36. The van der Waals surface area contributed by atoms with Crippen molar-refractivity contribution < 1.29 is 4.74 Å². The lowest BCUT2D eigenvalue weighted by molar-refractivity contribution is 0.353. The van der Waals surface area contributed by atoms with Gasteiger partial charge in [0.1, 0.15) is 12.4 Å². The number of hydrogen-bond donors (Lipinski definition) is 0. The zero-order chi connectivity index (χ0) is 28.2. The van der Waals surface area contributed by atoms with Crippen LogP contribution in [0.2, 0.25) is 13.1 Å². The van der Waals surface area contributed by atoms with Crippen LogP contribution in [0.25, 0.3) is 5.70 Å². The first-order chi connectivity index (χ1) is 18.3. The van der Waals surface area contributed by atoms with Gasteiger partial charge in [-0.15, -0.1) is 0 Å². The van der Waals surface area contributed by atoms with E-state index in [0.717, 1.165) is 18.8 Å². The zero-order valence-corrected chi connectivity index (χ0v) is 26.4. The van der Waals surface area contributed by atoms with Gasteiger partial charge in [-0.3, -0.25) is 0 Å². The molecule has 39 heavy (non-hydrogen) atoms. The number of hydrogen-bond acceptors (Lipinski definition) is 2. The van der Waals surface area contributed by atoms with E-state index in [0.29, 0.717) is 12.1 Å². The van der Waals surface area contributed by atoms with E-state index in [2.05, 4.69) is 121 Å². The van der Waals surface area contributed by atoms with Gasteiger partial charge in [-0.1, -0.05) is 122 Å². The number of benzene rings is 2. The highest BCUT2D eigenvalue weighted by Gasteiger charge is 2.43. The number of ether oxygens (including phenoxy) is 1. The van der Waals surface area contributed by atoms with Crippen LogP contribution in [-0.2, 0) is 10.8 Å². The summed E-state index contributed by atoms with van der Waals surface area (Å²) >= 11 is 0. The first kappa shape index (κ1) is 27.8. The van der Waals surface area contributed by atoms with Gasteiger partial charge in [0.2, 0.25) is 0 Å². The third-order valence-corrected chi connectivity index (χ3v) is 12.7. The molecule has 0 fully saturated rings. The Hall–Kier alpha value is -2.78. The van der Waals surface area contributed by atoms with E-state index in [4.69, 9.17) is 4.74 Å². The van der Waals surface area contributed by atoms with Crippen LogP contribution in [0.1, 0.15) is 82.2 Å². The molecule has 5 rings (SSSR count). The molecule has 2 aliphatic carbocycles. The Kier molecular flexibility index (Phi) is 7.12. The number of nitrogens with zero attached hydrogens (tertiary/aromatic N) is 1. The van der Waals surface area contributed by atoms with Crippen molar-refractivity contribution in [3.8, 4) is 5.75 Å². The van der Waals surface area contributed by atoms with Gasteiger partial charge in [-0.2, -0.15) is 0 Å². The molecule has 3 aliphatic rings. The monoisotopic (exact) mass is 537 g/mol. The summed E-state index contributed by atoms with van der Waals surface area (Å²) in [5, 5.41) is 1.43. The summed E-state index contributed by atoms with van der Waals surface area (Å²) in [5.74, 6) is 1.09. The molecule has 1 atom stereocenters. The molecular weight excluding hydrogens is 490 g/mol. The molecule has 0 N–H and O–H groups in total. The van der Waals surface area contributed by atoms with E-state index in [1.165, 1.54) is 51.6 Å². The maximum atomic E-state index is 6.61. The van der Waals surface area contributed by atoms with Crippen molar-refractivity contribution in [2.75, 3.05) is 19.7 Å². The van der Waals surface area contributed by atoms with Crippen LogP contribution in [0.5, 0.6) is 5.75 Å². The van der Waals surface area contributed by atoms with E-state index in [1.54, 1.807) is 5.57 Å². The Morgan fingerprint density at radius 2 is 1.77 bits per heavy atom. The summed E-state index contributed by atoms with van der Waals surface area (Å²) in [6.07, 6.45) is 11.6. The largest absolute Gasteiger partial charge is 0.489 e. The van der Waals surface area contributed by atoms with Gasteiger partial charge in [-0.05, 0) is 56.7 Å². The van der Waals surface area contributed by atoms with Crippen LogP contribution in [0.4, 0.5) is 0 Å². The molecule has 2 aromatic carbocycles. The molecule has 0 radical (unpaired) electrons. The molecule has 0 aromatic heterocycles. The number of rotatable bonds is 6. The van der Waals surface area contributed by atoms with E-state index >= 15 is 0 Å².